The number of hydrogen-bond donors (Lipinski definition) is 1. The normalized spacial score (nSPS) is 17.9. The Morgan fingerprint density at radius 2 is 2.00 bits per heavy atom. The molecule has 7 heteroatoms. The first-order valence-corrected chi connectivity index (χ1v) is 10.4. The fourth-order valence-corrected chi connectivity index (χ4v) is 3.93. The number of carbonyl (C=O) groups excluding carboxylic acids is 1. The van der Waals surface area contributed by atoms with Gasteiger partial charge < -0.3 is 24.8 Å². The molecule has 6 nitrogen and oxygen atoms in total. The summed E-state index contributed by atoms with van der Waals surface area (Å²) < 4.78 is 17.6. The Morgan fingerprint density at radius 3 is 2.69 bits per heavy atom. The number of ether oxygens (including phenoxy) is 3. The Hall–Kier alpha value is -1.22. The number of unbranched alkanes of at least 4 members (excludes halogenated alkanes) is 1. The van der Waals surface area contributed by atoms with Gasteiger partial charge in [-0.1, -0.05) is 13.3 Å². The number of anilines is 1. The Labute approximate surface area is 168 Å². The number of halogens is 1. The molecule has 0 spiro atoms. The van der Waals surface area contributed by atoms with Crippen LogP contribution in [0.3, 0.4) is 0 Å². The SMILES string of the molecule is CCCCN1CCC(COC(=O)c2cc([123I])c(N)c3c2OCCO3)CC1. The molecule has 1 saturated heterocycles. The van der Waals surface area contributed by atoms with Crippen molar-refractivity contribution in [2.24, 2.45) is 5.92 Å². The molecule has 1 aromatic rings. The van der Waals surface area contributed by atoms with Crippen LogP contribution >= 0.6 is 22.6 Å². The minimum atomic E-state index is -0.363. The number of hydrogen-bond acceptors (Lipinski definition) is 6. The summed E-state index contributed by atoms with van der Waals surface area (Å²) in [7, 11) is 0. The van der Waals surface area contributed by atoms with E-state index in [0.717, 1.165) is 29.5 Å². The number of piperidine rings is 1. The third-order valence-corrected chi connectivity index (χ3v) is 5.90. The highest BCUT2D eigenvalue weighted by molar-refractivity contribution is 14.1. The van der Waals surface area contributed by atoms with Gasteiger partial charge in [-0.3, -0.25) is 0 Å². The number of carbonyl (C=O) groups is 1. The molecule has 1 fully saturated rings. The highest BCUT2D eigenvalue weighted by Gasteiger charge is 2.27. The third kappa shape index (κ3) is 4.54. The molecule has 2 N–H and O–H groups in total. The van der Waals surface area contributed by atoms with Crippen LogP contribution in [0.5, 0.6) is 11.5 Å². The van der Waals surface area contributed by atoms with Gasteiger partial charge >= 0.3 is 5.97 Å². The van der Waals surface area contributed by atoms with E-state index in [4.69, 9.17) is 19.9 Å². The monoisotopic (exact) mass is 470 g/mol. The molecule has 2 aliphatic rings. The molecule has 0 aliphatic carbocycles. The van der Waals surface area contributed by atoms with E-state index in [1.54, 1.807) is 6.07 Å². The average molecular weight is 470 g/mol. The van der Waals surface area contributed by atoms with Crippen LogP contribution in [0.1, 0.15) is 43.0 Å². The van der Waals surface area contributed by atoms with E-state index in [-0.39, 0.29) is 5.97 Å². The average Bonchev–Trinajstić information content (AvgIpc) is 2.68. The summed E-state index contributed by atoms with van der Waals surface area (Å²) in [6, 6.07) is 1.72. The summed E-state index contributed by atoms with van der Waals surface area (Å²) in [5, 5.41) is 0. The lowest BCUT2D eigenvalue weighted by molar-refractivity contribution is 0.0364. The van der Waals surface area contributed by atoms with Crippen molar-refractivity contribution in [1.82, 2.24) is 4.90 Å². The zero-order valence-electron chi connectivity index (χ0n) is 15.3. The maximum absolute atomic E-state index is 12.6. The molecule has 3 rings (SSSR count). The van der Waals surface area contributed by atoms with Gasteiger partial charge in [-0.25, -0.2) is 4.79 Å². The van der Waals surface area contributed by atoms with E-state index in [2.05, 4.69) is 34.4 Å². The van der Waals surface area contributed by atoms with Crippen LogP contribution in [0.15, 0.2) is 6.07 Å². The van der Waals surface area contributed by atoms with Gasteiger partial charge in [0.15, 0.2) is 11.5 Å². The number of fused-ring (bicyclic) bond motifs is 1. The molecular weight excluding hydrogens is 443 g/mol. The molecule has 0 radical (unpaired) electrons. The minimum Gasteiger partial charge on any atom is -0.485 e. The lowest BCUT2D eigenvalue weighted by atomic mass is 9.97. The smallest absolute Gasteiger partial charge is 0.342 e. The van der Waals surface area contributed by atoms with Gasteiger partial charge in [-0.15, -0.1) is 0 Å². The van der Waals surface area contributed by atoms with Crippen molar-refractivity contribution in [3.8, 4) is 11.5 Å². The molecule has 0 saturated carbocycles. The predicted molar refractivity (Wildman–Crippen MR) is 109 cm³/mol. The summed E-state index contributed by atoms with van der Waals surface area (Å²) in [5.41, 5.74) is 6.95. The molecule has 0 bridgehead atoms. The first-order valence-electron chi connectivity index (χ1n) is 9.37. The maximum atomic E-state index is 12.6. The van der Waals surface area contributed by atoms with E-state index in [1.807, 2.05) is 0 Å². The quantitative estimate of drug-likeness (QED) is 0.391. The Bertz CT molecular complexity index is 645. The van der Waals surface area contributed by atoms with Gasteiger partial charge in [0.1, 0.15) is 18.8 Å². The van der Waals surface area contributed by atoms with Crippen LogP contribution in [-0.2, 0) is 4.74 Å². The Kier molecular flexibility index (Phi) is 6.86. The first-order chi connectivity index (χ1) is 12.6. The van der Waals surface area contributed by atoms with Crippen LogP contribution in [0.25, 0.3) is 0 Å². The zero-order valence-corrected chi connectivity index (χ0v) is 17.4. The summed E-state index contributed by atoms with van der Waals surface area (Å²) in [4.78, 5) is 15.1. The molecule has 0 aromatic heterocycles. The van der Waals surface area contributed by atoms with Gasteiger partial charge in [0.2, 0.25) is 0 Å². The van der Waals surface area contributed by atoms with E-state index >= 15 is 0 Å². The van der Waals surface area contributed by atoms with E-state index < -0.39 is 0 Å². The Balaban J connectivity index is 1.57. The molecule has 2 heterocycles. The second-order valence-corrected chi connectivity index (χ2v) is 8.07. The molecule has 144 valence electrons. The molecular formula is C19H27IN2O4. The van der Waals surface area contributed by atoms with Crippen LogP contribution in [-0.4, -0.2) is 50.3 Å². The highest BCUT2D eigenvalue weighted by Crippen LogP contribution is 2.42. The number of likely N-dealkylation sites (tertiary alicyclic amines) is 1. The molecule has 1 aromatic carbocycles. The number of benzene rings is 1. The topological polar surface area (TPSA) is 74.0 Å². The lowest BCUT2D eigenvalue weighted by Crippen LogP contribution is -2.36. The standard InChI is InChI=1S/C19H27IN2O4/c1-2-3-6-22-7-4-13(5-8-22)12-26-19(23)14-11-15(20)16(21)18-17(14)24-9-10-25-18/h11,13H,2-10,12,21H2,1H3/i20-4. The van der Waals surface area contributed by atoms with Crippen molar-refractivity contribution in [1.29, 1.82) is 0 Å². The molecule has 26 heavy (non-hydrogen) atoms. The van der Waals surface area contributed by atoms with Gasteiger partial charge in [-0.2, -0.15) is 0 Å². The largest absolute Gasteiger partial charge is 0.485 e. The summed E-state index contributed by atoms with van der Waals surface area (Å²) in [6.07, 6.45) is 4.64. The summed E-state index contributed by atoms with van der Waals surface area (Å²) >= 11 is 2.10. The second-order valence-electron chi connectivity index (χ2n) is 6.91. The molecule has 0 amide bonds. The van der Waals surface area contributed by atoms with Crippen molar-refractivity contribution < 1.29 is 19.0 Å². The van der Waals surface area contributed by atoms with Crippen molar-refractivity contribution in [2.75, 3.05) is 45.2 Å². The minimum absolute atomic E-state index is 0.363. The van der Waals surface area contributed by atoms with Gasteiger partial charge in [-0.05, 0) is 73.5 Å². The van der Waals surface area contributed by atoms with Crippen molar-refractivity contribution in [3.63, 3.8) is 0 Å². The van der Waals surface area contributed by atoms with Crippen molar-refractivity contribution >= 4 is 34.2 Å². The van der Waals surface area contributed by atoms with Crippen molar-refractivity contribution in [3.05, 3.63) is 15.2 Å². The number of nitrogen functional groups attached to an aromatic ring is 1. The number of nitrogens with two attached hydrogens (primary N) is 1. The zero-order chi connectivity index (χ0) is 18.5. The molecule has 0 unspecified atom stereocenters. The number of rotatable bonds is 6. The van der Waals surface area contributed by atoms with Crippen LogP contribution in [0.2, 0.25) is 0 Å². The fourth-order valence-electron chi connectivity index (χ4n) is 3.38. The predicted octanol–water partition coefficient (Wildman–Crippen LogP) is 3.31. The van der Waals surface area contributed by atoms with E-state index in [9.17, 15) is 4.79 Å². The fraction of sp³-hybridized carbons (Fsp3) is 0.632. The van der Waals surface area contributed by atoms with Gasteiger partial charge in [0.05, 0.1) is 12.3 Å². The summed E-state index contributed by atoms with van der Waals surface area (Å²) in [5.74, 6) is 0.934. The second kappa shape index (κ2) is 9.12. The Morgan fingerprint density at radius 1 is 1.31 bits per heavy atom. The maximum Gasteiger partial charge on any atom is 0.342 e. The summed E-state index contributed by atoms with van der Waals surface area (Å²) in [6.45, 7) is 6.88. The van der Waals surface area contributed by atoms with Gasteiger partial charge in [0.25, 0.3) is 0 Å². The first kappa shape index (κ1) is 19.5. The highest BCUT2D eigenvalue weighted by atomic mass is 123. The lowest BCUT2D eigenvalue weighted by Gasteiger charge is -2.31. The van der Waals surface area contributed by atoms with Gasteiger partial charge in [0, 0.05) is 3.57 Å². The third-order valence-electron chi connectivity index (χ3n) is 5.01. The van der Waals surface area contributed by atoms with Crippen LogP contribution in [0.4, 0.5) is 5.69 Å². The molecule has 2 aliphatic heterocycles. The van der Waals surface area contributed by atoms with E-state index in [1.165, 1.54) is 19.4 Å². The van der Waals surface area contributed by atoms with Crippen molar-refractivity contribution in [2.45, 2.75) is 32.6 Å². The van der Waals surface area contributed by atoms with Crippen LogP contribution in [0, 0.1) is 9.49 Å². The number of esters is 1. The van der Waals surface area contributed by atoms with Crippen LogP contribution < -0.4 is 15.2 Å². The van der Waals surface area contributed by atoms with E-state index in [0.29, 0.717) is 48.5 Å². The number of nitrogens with zero attached hydrogens (tertiary/aromatic N) is 1. The molecule has 0 atom stereocenters.